The Kier molecular flexibility index (Phi) is 7.46. The summed E-state index contributed by atoms with van der Waals surface area (Å²) in [4.78, 5) is 4.88. The van der Waals surface area contributed by atoms with Crippen molar-refractivity contribution < 1.29 is 18.6 Å². The van der Waals surface area contributed by atoms with Gasteiger partial charge in [0.2, 0.25) is 0 Å². The minimum absolute atomic E-state index is 0.0415. The Morgan fingerprint density at radius 2 is 2.00 bits per heavy atom. The number of ether oxygens (including phenoxy) is 3. The van der Waals surface area contributed by atoms with Crippen LogP contribution in [0.5, 0.6) is 0 Å². The molecular weight excluding hydrogens is 370 g/mol. The maximum atomic E-state index is 6.24. The highest BCUT2D eigenvalue weighted by Crippen LogP contribution is 2.33. The Hall–Kier alpha value is -1.57. The van der Waals surface area contributed by atoms with Crippen molar-refractivity contribution in [2.75, 3.05) is 39.5 Å². The van der Waals surface area contributed by atoms with E-state index in [-0.39, 0.29) is 6.10 Å². The lowest BCUT2D eigenvalue weighted by Crippen LogP contribution is -2.44. The monoisotopic (exact) mass is 405 g/mol. The molecule has 2 N–H and O–H groups in total. The molecular formula is C22H35N3O4. The van der Waals surface area contributed by atoms with Gasteiger partial charge >= 0.3 is 0 Å². The normalized spacial score (nSPS) is 25.4. The van der Waals surface area contributed by atoms with E-state index in [2.05, 4.69) is 10.6 Å². The highest BCUT2D eigenvalue weighted by molar-refractivity contribution is 5.79. The molecule has 1 aliphatic carbocycles. The average Bonchev–Trinajstić information content (AvgIpc) is 3.41. The van der Waals surface area contributed by atoms with Crippen LogP contribution in [0.3, 0.4) is 0 Å². The summed E-state index contributed by atoms with van der Waals surface area (Å²) in [5.41, 5.74) is 0. The molecule has 4 rings (SSSR count). The van der Waals surface area contributed by atoms with Gasteiger partial charge in [0.05, 0.1) is 26.1 Å². The number of guanidine groups is 1. The summed E-state index contributed by atoms with van der Waals surface area (Å²) in [6.07, 6.45) is 10.9. The van der Waals surface area contributed by atoms with Crippen LogP contribution >= 0.6 is 0 Å². The Morgan fingerprint density at radius 1 is 1.14 bits per heavy atom. The van der Waals surface area contributed by atoms with Crippen molar-refractivity contribution in [1.82, 2.24) is 10.6 Å². The maximum absolute atomic E-state index is 6.24. The molecule has 2 aliphatic heterocycles. The highest BCUT2D eigenvalue weighted by atomic mass is 16.7. The number of hydrogen-bond donors (Lipinski definition) is 2. The Bertz CT molecular complexity index is 622. The third kappa shape index (κ3) is 6.20. The standard InChI is InChI=1S/C22H35N3O4/c1-2-5-18(6-3-1)15-24-21(23-11-8-19-7-4-12-27-19)25-16-20-17-28-22(29-20)9-13-26-14-10-22/h4,7,12,18,20H,1-3,5-6,8-11,13-17H2,(H2,23,24,25). The number of nitrogens with zero attached hydrogens (tertiary/aromatic N) is 1. The van der Waals surface area contributed by atoms with E-state index < -0.39 is 5.79 Å². The van der Waals surface area contributed by atoms with Crippen LogP contribution < -0.4 is 10.6 Å². The summed E-state index contributed by atoms with van der Waals surface area (Å²) in [5, 5.41) is 6.93. The summed E-state index contributed by atoms with van der Waals surface area (Å²) in [5.74, 6) is 2.12. The van der Waals surface area contributed by atoms with Crippen molar-refractivity contribution in [3.05, 3.63) is 24.2 Å². The molecule has 29 heavy (non-hydrogen) atoms. The van der Waals surface area contributed by atoms with Crippen LogP contribution in [0.2, 0.25) is 0 Å². The van der Waals surface area contributed by atoms with Gasteiger partial charge in [-0.1, -0.05) is 19.3 Å². The van der Waals surface area contributed by atoms with Crippen molar-refractivity contribution in [3.63, 3.8) is 0 Å². The molecule has 1 atom stereocenters. The van der Waals surface area contributed by atoms with Crippen LogP contribution in [-0.2, 0) is 20.6 Å². The summed E-state index contributed by atoms with van der Waals surface area (Å²) < 4.78 is 23.1. The van der Waals surface area contributed by atoms with Gasteiger partial charge in [0.25, 0.3) is 0 Å². The lowest BCUT2D eigenvalue weighted by Gasteiger charge is -2.31. The predicted molar refractivity (Wildman–Crippen MR) is 111 cm³/mol. The quantitative estimate of drug-likeness (QED) is 0.537. The van der Waals surface area contributed by atoms with Gasteiger partial charge in [-0.2, -0.15) is 0 Å². The molecule has 7 nitrogen and oxygen atoms in total. The van der Waals surface area contributed by atoms with E-state index in [1.165, 1.54) is 32.1 Å². The van der Waals surface area contributed by atoms with Crippen molar-refractivity contribution in [2.24, 2.45) is 10.9 Å². The molecule has 162 valence electrons. The minimum Gasteiger partial charge on any atom is -0.469 e. The largest absolute Gasteiger partial charge is 0.469 e. The first kappa shape index (κ1) is 20.7. The first-order valence-corrected chi connectivity index (χ1v) is 11.3. The molecule has 7 heteroatoms. The molecule has 0 aromatic carbocycles. The van der Waals surface area contributed by atoms with Crippen LogP contribution in [0.1, 0.15) is 50.7 Å². The van der Waals surface area contributed by atoms with E-state index in [9.17, 15) is 0 Å². The van der Waals surface area contributed by atoms with Gasteiger partial charge in [-0.3, -0.25) is 4.99 Å². The molecule has 1 saturated carbocycles. The second-order valence-corrected chi connectivity index (χ2v) is 8.40. The van der Waals surface area contributed by atoms with Crippen LogP contribution in [0.25, 0.3) is 0 Å². The van der Waals surface area contributed by atoms with E-state index in [0.29, 0.717) is 32.3 Å². The summed E-state index contributed by atoms with van der Waals surface area (Å²) in [6.45, 7) is 4.41. The van der Waals surface area contributed by atoms with Crippen molar-refractivity contribution in [3.8, 4) is 0 Å². The van der Waals surface area contributed by atoms with Gasteiger partial charge in [0.15, 0.2) is 11.7 Å². The Labute approximate surface area is 173 Å². The number of furan rings is 1. The highest BCUT2D eigenvalue weighted by Gasteiger charge is 2.42. The van der Waals surface area contributed by atoms with Crippen molar-refractivity contribution in [1.29, 1.82) is 0 Å². The lowest BCUT2D eigenvalue weighted by molar-refractivity contribution is -0.210. The third-order valence-electron chi connectivity index (χ3n) is 6.14. The fourth-order valence-electron chi connectivity index (χ4n) is 4.40. The van der Waals surface area contributed by atoms with Gasteiger partial charge in [-0.15, -0.1) is 0 Å². The summed E-state index contributed by atoms with van der Waals surface area (Å²) >= 11 is 0. The van der Waals surface area contributed by atoms with E-state index in [4.69, 9.17) is 23.6 Å². The number of nitrogens with one attached hydrogen (secondary N) is 2. The SMILES string of the molecule is c1coc(CCNC(=NCC2CCCCC2)NCC2COC3(CCOCC3)O2)c1. The lowest BCUT2D eigenvalue weighted by atomic mass is 9.89. The molecule has 1 unspecified atom stereocenters. The minimum atomic E-state index is -0.434. The van der Waals surface area contributed by atoms with Gasteiger partial charge in [-0.05, 0) is 30.9 Å². The summed E-state index contributed by atoms with van der Waals surface area (Å²) in [6, 6.07) is 3.93. The zero-order chi connectivity index (χ0) is 19.8. The molecule has 1 spiro atoms. The van der Waals surface area contributed by atoms with E-state index in [1.807, 2.05) is 12.1 Å². The zero-order valence-electron chi connectivity index (χ0n) is 17.4. The average molecular weight is 406 g/mol. The van der Waals surface area contributed by atoms with Gasteiger partial charge in [0, 0.05) is 38.9 Å². The van der Waals surface area contributed by atoms with Crippen LogP contribution in [0, 0.1) is 5.92 Å². The fraction of sp³-hybridized carbons (Fsp3) is 0.773. The predicted octanol–water partition coefficient (Wildman–Crippen LogP) is 2.86. The second kappa shape index (κ2) is 10.5. The molecule has 3 heterocycles. The Balaban J connectivity index is 1.26. The topological polar surface area (TPSA) is 77.3 Å². The maximum Gasteiger partial charge on any atom is 0.191 e. The molecule has 0 bridgehead atoms. The van der Waals surface area contributed by atoms with Crippen LogP contribution in [0.4, 0.5) is 0 Å². The first-order valence-electron chi connectivity index (χ1n) is 11.3. The van der Waals surface area contributed by atoms with Gasteiger partial charge < -0.3 is 29.3 Å². The molecule has 0 amide bonds. The molecule has 1 aromatic heterocycles. The molecule has 3 aliphatic rings. The van der Waals surface area contributed by atoms with Gasteiger partial charge in [-0.25, -0.2) is 0 Å². The van der Waals surface area contributed by atoms with Crippen molar-refractivity contribution >= 4 is 5.96 Å². The van der Waals surface area contributed by atoms with E-state index >= 15 is 0 Å². The van der Waals surface area contributed by atoms with E-state index in [0.717, 1.165) is 44.1 Å². The number of rotatable bonds is 7. The second-order valence-electron chi connectivity index (χ2n) is 8.40. The zero-order valence-corrected chi connectivity index (χ0v) is 17.4. The summed E-state index contributed by atoms with van der Waals surface area (Å²) in [7, 11) is 0. The number of aliphatic imine (C=N–C) groups is 1. The smallest absolute Gasteiger partial charge is 0.191 e. The Morgan fingerprint density at radius 3 is 2.79 bits per heavy atom. The molecule has 2 saturated heterocycles. The first-order chi connectivity index (χ1) is 14.3. The van der Waals surface area contributed by atoms with Gasteiger partial charge in [0.1, 0.15) is 11.9 Å². The van der Waals surface area contributed by atoms with Crippen LogP contribution in [0.15, 0.2) is 27.8 Å². The van der Waals surface area contributed by atoms with E-state index in [1.54, 1.807) is 6.26 Å². The third-order valence-corrected chi connectivity index (χ3v) is 6.14. The van der Waals surface area contributed by atoms with Crippen LogP contribution in [-0.4, -0.2) is 57.3 Å². The fourth-order valence-corrected chi connectivity index (χ4v) is 4.40. The molecule has 1 aromatic rings. The van der Waals surface area contributed by atoms with Crippen molar-refractivity contribution in [2.45, 2.75) is 63.3 Å². The molecule has 3 fully saturated rings. The molecule has 0 radical (unpaired) electrons. The number of hydrogen-bond acceptors (Lipinski definition) is 5.